The molecule has 0 saturated carbocycles. The minimum atomic E-state index is -0.236. The van der Waals surface area contributed by atoms with Crippen LogP contribution in [0.25, 0.3) is 16.5 Å². The molecule has 2 aromatic heterocycles. The van der Waals surface area contributed by atoms with Gasteiger partial charge in [-0.1, -0.05) is 28.9 Å². The van der Waals surface area contributed by atoms with Crippen molar-refractivity contribution in [1.29, 1.82) is 0 Å². The first-order valence-corrected chi connectivity index (χ1v) is 8.26. The van der Waals surface area contributed by atoms with E-state index in [1.165, 1.54) is 0 Å². The molecule has 0 fully saturated rings. The molecule has 1 atom stereocenters. The SMILES string of the molecule is C[C@@H](Oc1cccc2cnccc12)c1cn(-c2ccc(Cl)cc2)nn1. The van der Waals surface area contributed by atoms with Crippen LogP contribution in [0.2, 0.25) is 5.02 Å². The van der Waals surface area contributed by atoms with E-state index < -0.39 is 0 Å². The Balaban J connectivity index is 1.59. The van der Waals surface area contributed by atoms with Gasteiger partial charge in [0, 0.05) is 28.2 Å². The Morgan fingerprint density at radius 2 is 1.92 bits per heavy atom. The maximum Gasteiger partial charge on any atom is 0.141 e. The van der Waals surface area contributed by atoms with E-state index in [0.29, 0.717) is 5.02 Å². The van der Waals surface area contributed by atoms with Gasteiger partial charge in [0.2, 0.25) is 0 Å². The lowest BCUT2D eigenvalue weighted by Gasteiger charge is -2.14. The third-order valence-corrected chi connectivity index (χ3v) is 4.22. The molecule has 0 bridgehead atoms. The van der Waals surface area contributed by atoms with Crippen LogP contribution >= 0.6 is 11.6 Å². The van der Waals surface area contributed by atoms with Crippen LogP contribution in [-0.4, -0.2) is 20.0 Å². The number of pyridine rings is 1. The average Bonchev–Trinajstić information content (AvgIpc) is 3.13. The largest absolute Gasteiger partial charge is 0.484 e. The van der Waals surface area contributed by atoms with Crippen molar-refractivity contribution in [3.8, 4) is 11.4 Å². The Morgan fingerprint density at radius 1 is 1.08 bits per heavy atom. The zero-order valence-corrected chi connectivity index (χ0v) is 14.3. The summed E-state index contributed by atoms with van der Waals surface area (Å²) in [6.07, 6.45) is 5.21. The number of halogens is 1. The maximum absolute atomic E-state index is 6.12. The smallest absolute Gasteiger partial charge is 0.141 e. The molecule has 0 spiro atoms. The molecule has 0 aliphatic heterocycles. The van der Waals surface area contributed by atoms with Gasteiger partial charge in [0.25, 0.3) is 0 Å². The molecule has 2 aromatic carbocycles. The first-order valence-electron chi connectivity index (χ1n) is 7.88. The predicted molar refractivity (Wildman–Crippen MR) is 97.2 cm³/mol. The second-order valence-corrected chi connectivity index (χ2v) is 6.11. The molecule has 5 nitrogen and oxygen atoms in total. The van der Waals surface area contributed by atoms with Crippen LogP contribution in [0, 0.1) is 0 Å². The summed E-state index contributed by atoms with van der Waals surface area (Å²) < 4.78 is 7.82. The highest BCUT2D eigenvalue weighted by molar-refractivity contribution is 6.30. The van der Waals surface area contributed by atoms with Gasteiger partial charge in [-0.2, -0.15) is 0 Å². The number of hydrogen-bond donors (Lipinski definition) is 0. The van der Waals surface area contributed by atoms with Crippen LogP contribution in [0.1, 0.15) is 18.7 Å². The lowest BCUT2D eigenvalue weighted by Crippen LogP contribution is -2.04. The molecule has 0 aliphatic rings. The summed E-state index contributed by atoms with van der Waals surface area (Å²) in [4.78, 5) is 4.14. The second kappa shape index (κ2) is 6.53. The molecule has 0 saturated heterocycles. The first-order chi connectivity index (χ1) is 12.2. The third kappa shape index (κ3) is 3.19. The van der Waals surface area contributed by atoms with Crippen LogP contribution in [0.15, 0.2) is 67.1 Å². The van der Waals surface area contributed by atoms with Gasteiger partial charge in [-0.05, 0) is 43.3 Å². The van der Waals surface area contributed by atoms with Crippen LogP contribution < -0.4 is 4.74 Å². The first kappa shape index (κ1) is 15.6. The second-order valence-electron chi connectivity index (χ2n) is 5.68. The minimum absolute atomic E-state index is 0.236. The number of ether oxygens (including phenoxy) is 1. The van der Waals surface area contributed by atoms with Crippen molar-refractivity contribution in [3.63, 3.8) is 0 Å². The highest BCUT2D eigenvalue weighted by Crippen LogP contribution is 2.28. The Bertz CT molecular complexity index is 1010. The molecular weight excluding hydrogens is 336 g/mol. The maximum atomic E-state index is 6.12. The fourth-order valence-electron chi connectivity index (χ4n) is 2.63. The van der Waals surface area contributed by atoms with E-state index >= 15 is 0 Å². The zero-order valence-electron chi connectivity index (χ0n) is 13.5. The van der Waals surface area contributed by atoms with E-state index in [-0.39, 0.29) is 6.10 Å². The lowest BCUT2D eigenvalue weighted by atomic mass is 10.1. The molecule has 0 radical (unpaired) electrons. The van der Waals surface area contributed by atoms with Crippen molar-refractivity contribution in [2.24, 2.45) is 0 Å². The molecule has 4 aromatic rings. The average molecular weight is 351 g/mol. The fraction of sp³-hybridized carbons (Fsp3) is 0.105. The van der Waals surface area contributed by atoms with Gasteiger partial charge in [0.05, 0.1) is 11.9 Å². The van der Waals surface area contributed by atoms with Crippen LogP contribution in [-0.2, 0) is 0 Å². The van der Waals surface area contributed by atoms with E-state index in [0.717, 1.165) is 27.9 Å². The summed E-state index contributed by atoms with van der Waals surface area (Å²) in [5.74, 6) is 0.799. The van der Waals surface area contributed by atoms with E-state index in [4.69, 9.17) is 16.3 Å². The van der Waals surface area contributed by atoms with E-state index in [9.17, 15) is 0 Å². The molecule has 25 heavy (non-hydrogen) atoms. The van der Waals surface area contributed by atoms with E-state index in [1.54, 1.807) is 10.9 Å². The van der Waals surface area contributed by atoms with Gasteiger partial charge in [-0.15, -0.1) is 5.10 Å². The Morgan fingerprint density at radius 3 is 2.76 bits per heavy atom. The van der Waals surface area contributed by atoms with Crippen molar-refractivity contribution in [3.05, 3.63) is 77.8 Å². The number of rotatable bonds is 4. The van der Waals surface area contributed by atoms with Gasteiger partial charge in [-0.3, -0.25) is 4.98 Å². The molecule has 0 amide bonds. The monoisotopic (exact) mass is 350 g/mol. The van der Waals surface area contributed by atoms with Crippen molar-refractivity contribution in [2.75, 3.05) is 0 Å². The van der Waals surface area contributed by atoms with E-state index in [2.05, 4.69) is 15.3 Å². The minimum Gasteiger partial charge on any atom is -0.484 e. The highest BCUT2D eigenvalue weighted by atomic mass is 35.5. The number of aromatic nitrogens is 4. The van der Waals surface area contributed by atoms with Crippen molar-refractivity contribution in [2.45, 2.75) is 13.0 Å². The van der Waals surface area contributed by atoms with Crippen LogP contribution in [0.5, 0.6) is 5.75 Å². The van der Waals surface area contributed by atoms with Crippen molar-refractivity contribution in [1.82, 2.24) is 20.0 Å². The number of fused-ring (bicyclic) bond motifs is 1. The fourth-order valence-corrected chi connectivity index (χ4v) is 2.76. The molecule has 0 N–H and O–H groups in total. The summed E-state index contributed by atoms with van der Waals surface area (Å²) in [5.41, 5.74) is 1.65. The number of benzene rings is 2. The van der Waals surface area contributed by atoms with Gasteiger partial charge in [-0.25, -0.2) is 4.68 Å². The third-order valence-electron chi connectivity index (χ3n) is 3.96. The molecule has 2 heterocycles. The molecular formula is C19H15ClN4O. The number of nitrogens with zero attached hydrogens (tertiary/aromatic N) is 4. The number of hydrogen-bond acceptors (Lipinski definition) is 4. The predicted octanol–water partition coefficient (Wildman–Crippen LogP) is 4.61. The molecule has 0 aliphatic carbocycles. The molecule has 6 heteroatoms. The summed E-state index contributed by atoms with van der Waals surface area (Å²) in [6, 6.07) is 15.3. The Kier molecular flexibility index (Phi) is 4.07. The molecule has 4 rings (SSSR count). The highest BCUT2D eigenvalue weighted by Gasteiger charge is 2.14. The van der Waals surface area contributed by atoms with Crippen molar-refractivity contribution < 1.29 is 4.74 Å². The Hall–Kier alpha value is -2.92. The topological polar surface area (TPSA) is 52.8 Å². The molecule has 0 unspecified atom stereocenters. The van der Waals surface area contributed by atoms with Crippen LogP contribution in [0.4, 0.5) is 0 Å². The standard InChI is InChI=1S/C19H15ClN4O/c1-13(25-19-4-2-3-14-11-21-10-9-17(14)19)18-12-24(23-22-18)16-7-5-15(20)6-8-16/h2-13H,1H3/t13-/m1/s1. The summed E-state index contributed by atoms with van der Waals surface area (Å²) in [5, 5.41) is 11.2. The van der Waals surface area contributed by atoms with Gasteiger partial charge in [0.15, 0.2) is 0 Å². The van der Waals surface area contributed by atoms with Crippen molar-refractivity contribution >= 4 is 22.4 Å². The van der Waals surface area contributed by atoms with Gasteiger partial charge < -0.3 is 4.74 Å². The Labute approximate surface area is 149 Å². The summed E-state index contributed by atoms with van der Waals surface area (Å²) >= 11 is 5.92. The van der Waals surface area contributed by atoms with E-state index in [1.807, 2.05) is 67.8 Å². The van der Waals surface area contributed by atoms with Gasteiger partial charge in [0.1, 0.15) is 17.5 Å². The zero-order chi connectivity index (χ0) is 17.2. The lowest BCUT2D eigenvalue weighted by molar-refractivity contribution is 0.224. The summed E-state index contributed by atoms with van der Waals surface area (Å²) in [7, 11) is 0. The van der Waals surface area contributed by atoms with Gasteiger partial charge >= 0.3 is 0 Å². The van der Waals surface area contributed by atoms with Crippen LogP contribution in [0.3, 0.4) is 0 Å². The normalized spacial score (nSPS) is 12.2. The molecule has 124 valence electrons. The summed E-state index contributed by atoms with van der Waals surface area (Å²) in [6.45, 7) is 1.95. The quantitative estimate of drug-likeness (QED) is 0.539.